The molecule has 1 unspecified atom stereocenters. The maximum absolute atomic E-state index is 12.8. The molecule has 1 aliphatic heterocycles. The third-order valence-electron chi connectivity index (χ3n) is 4.48. The first-order chi connectivity index (χ1) is 12.2. The van der Waals surface area contributed by atoms with Crippen LogP contribution >= 0.6 is 11.8 Å². The number of carbonyl (C=O) groups excluding carboxylic acids is 1. The third kappa shape index (κ3) is 4.10. The summed E-state index contributed by atoms with van der Waals surface area (Å²) in [5.74, 6) is 2.17. The predicted molar refractivity (Wildman–Crippen MR) is 100 cm³/mol. The number of thioether (sulfide) groups is 1. The van der Waals surface area contributed by atoms with Gasteiger partial charge in [-0.15, -0.1) is 11.8 Å². The summed E-state index contributed by atoms with van der Waals surface area (Å²) in [6.45, 7) is 0.800. The van der Waals surface area contributed by atoms with Crippen LogP contribution in [-0.2, 0) is 4.79 Å². The number of rotatable bonds is 6. The summed E-state index contributed by atoms with van der Waals surface area (Å²) in [6, 6.07) is 15.9. The summed E-state index contributed by atoms with van der Waals surface area (Å²) in [5.41, 5.74) is 1.05. The van der Waals surface area contributed by atoms with Crippen LogP contribution in [-0.4, -0.2) is 37.3 Å². The van der Waals surface area contributed by atoms with Crippen molar-refractivity contribution in [3.8, 4) is 11.5 Å². The molecule has 2 aromatic rings. The lowest BCUT2D eigenvalue weighted by Crippen LogP contribution is -2.32. The predicted octanol–water partition coefficient (Wildman–Crippen LogP) is 4.16. The highest BCUT2D eigenvalue weighted by Gasteiger charge is 2.31. The molecule has 5 heteroatoms. The molecule has 0 radical (unpaired) electrons. The minimum atomic E-state index is 0.0738. The molecule has 132 valence electrons. The van der Waals surface area contributed by atoms with E-state index in [1.165, 1.54) is 0 Å². The molecule has 3 rings (SSSR count). The highest BCUT2D eigenvalue weighted by molar-refractivity contribution is 8.00. The Morgan fingerprint density at radius 2 is 1.96 bits per heavy atom. The van der Waals surface area contributed by atoms with Gasteiger partial charge in [0.05, 0.1) is 26.0 Å². The number of ether oxygens (including phenoxy) is 2. The van der Waals surface area contributed by atoms with E-state index in [1.807, 2.05) is 53.4 Å². The zero-order valence-electron chi connectivity index (χ0n) is 14.6. The summed E-state index contributed by atoms with van der Waals surface area (Å²) < 4.78 is 10.8. The van der Waals surface area contributed by atoms with Crippen molar-refractivity contribution in [2.75, 3.05) is 26.5 Å². The minimum absolute atomic E-state index is 0.0738. The second kappa shape index (κ2) is 8.30. The second-order valence-corrected chi connectivity index (χ2v) is 7.00. The molecule has 1 heterocycles. The van der Waals surface area contributed by atoms with Gasteiger partial charge in [-0.25, -0.2) is 0 Å². The van der Waals surface area contributed by atoms with E-state index < -0.39 is 0 Å². The van der Waals surface area contributed by atoms with Crippen molar-refractivity contribution in [2.24, 2.45) is 0 Å². The van der Waals surface area contributed by atoms with Crippen molar-refractivity contribution in [3.05, 3.63) is 54.1 Å². The molecule has 0 aromatic heterocycles. The standard InChI is InChI=1S/C20H23NO3S/c1-23-15-10-11-17(19(13-15)24-2)18-9-6-12-21(18)20(22)14-25-16-7-4-3-5-8-16/h3-5,7-8,10-11,13,18H,6,9,12,14H2,1-2H3. The van der Waals surface area contributed by atoms with Gasteiger partial charge in [0.2, 0.25) is 5.91 Å². The Kier molecular flexibility index (Phi) is 5.87. The number of hydrogen-bond donors (Lipinski definition) is 0. The summed E-state index contributed by atoms with van der Waals surface area (Å²) >= 11 is 1.59. The fourth-order valence-corrected chi connectivity index (χ4v) is 4.03. The summed E-state index contributed by atoms with van der Waals surface area (Å²) in [6.07, 6.45) is 1.98. The van der Waals surface area contributed by atoms with Gasteiger partial charge in [0.25, 0.3) is 0 Å². The highest BCUT2D eigenvalue weighted by atomic mass is 32.2. The van der Waals surface area contributed by atoms with Crippen molar-refractivity contribution in [1.29, 1.82) is 0 Å². The van der Waals surface area contributed by atoms with Crippen molar-refractivity contribution in [3.63, 3.8) is 0 Å². The van der Waals surface area contributed by atoms with Crippen LogP contribution in [0.4, 0.5) is 0 Å². The largest absolute Gasteiger partial charge is 0.497 e. The van der Waals surface area contributed by atoms with E-state index in [2.05, 4.69) is 0 Å². The molecule has 1 saturated heterocycles. The molecular weight excluding hydrogens is 334 g/mol. The number of hydrogen-bond acceptors (Lipinski definition) is 4. The Bertz CT molecular complexity index is 720. The minimum Gasteiger partial charge on any atom is -0.497 e. The van der Waals surface area contributed by atoms with E-state index in [9.17, 15) is 4.79 Å². The van der Waals surface area contributed by atoms with Crippen molar-refractivity contribution in [1.82, 2.24) is 4.90 Å². The van der Waals surface area contributed by atoms with Gasteiger partial charge in [-0.2, -0.15) is 0 Å². The Morgan fingerprint density at radius 1 is 1.16 bits per heavy atom. The maximum atomic E-state index is 12.8. The number of benzene rings is 2. The first-order valence-corrected chi connectivity index (χ1v) is 9.40. The molecule has 0 spiro atoms. The van der Waals surface area contributed by atoms with Crippen LogP contribution in [0.2, 0.25) is 0 Å². The second-order valence-electron chi connectivity index (χ2n) is 5.95. The Balaban J connectivity index is 1.73. The molecule has 0 N–H and O–H groups in total. The highest BCUT2D eigenvalue weighted by Crippen LogP contribution is 2.39. The smallest absolute Gasteiger partial charge is 0.233 e. The van der Waals surface area contributed by atoms with E-state index in [0.717, 1.165) is 41.3 Å². The molecule has 0 bridgehead atoms. The topological polar surface area (TPSA) is 38.8 Å². The van der Waals surface area contributed by atoms with Crippen molar-refractivity contribution in [2.45, 2.75) is 23.8 Å². The molecule has 2 aromatic carbocycles. The van der Waals surface area contributed by atoms with Crippen LogP contribution in [0.25, 0.3) is 0 Å². The van der Waals surface area contributed by atoms with Crippen molar-refractivity contribution >= 4 is 17.7 Å². The summed E-state index contributed by atoms with van der Waals surface area (Å²) in [5, 5.41) is 0. The van der Waals surface area contributed by atoms with Crippen molar-refractivity contribution < 1.29 is 14.3 Å². The van der Waals surface area contributed by atoms with Gasteiger partial charge in [-0.3, -0.25) is 4.79 Å². The fraction of sp³-hybridized carbons (Fsp3) is 0.350. The van der Waals surface area contributed by atoms with Gasteiger partial charge >= 0.3 is 0 Å². The maximum Gasteiger partial charge on any atom is 0.233 e. The van der Waals surface area contributed by atoms with E-state index in [0.29, 0.717) is 5.75 Å². The van der Waals surface area contributed by atoms with E-state index in [4.69, 9.17) is 9.47 Å². The lowest BCUT2D eigenvalue weighted by atomic mass is 10.0. The van der Waals surface area contributed by atoms with Crippen LogP contribution in [0.3, 0.4) is 0 Å². The average molecular weight is 357 g/mol. The van der Waals surface area contributed by atoms with Crippen LogP contribution in [0.15, 0.2) is 53.4 Å². The van der Waals surface area contributed by atoms with Gasteiger partial charge < -0.3 is 14.4 Å². The number of nitrogens with zero attached hydrogens (tertiary/aromatic N) is 1. The number of carbonyl (C=O) groups is 1. The number of amides is 1. The molecular formula is C20H23NO3S. The van der Waals surface area contributed by atoms with Gasteiger partial charge in [0, 0.05) is 23.1 Å². The van der Waals surface area contributed by atoms with E-state index in [-0.39, 0.29) is 11.9 Å². The third-order valence-corrected chi connectivity index (χ3v) is 5.48. The first kappa shape index (κ1) is 17.7. The van der Waals surface area contributed by atoms with Crippen LogP contribution in [0, 0.1) is 0 Å². The molecule has 1 atom stereocenters. The van der Waals surface area contributed by atoms with Gasteiger partial charge in [0.15, 0.2) is 0 Å². The molecule has 1 fully saturated rings. The monoisotopic (exact) mass is 357 g/mol. The fourth-order valence-electron chi connectivity index (χ4n) is 3.23. The van der Waals surface area contributed by atoms with Gasteiger partial charge in [-0.1, -0.05) is 18.2 Å². The molecule has 0 aliphatic carbocycles. The molecule has 1 amide bonds. The quantitative estimate of drug-likeness (QED) is 0.728. The first-order valence-electron chi connectivity index (χ1n) is 8.42. The zero-order chi connectivity index (χ0) is 17.6. The van der Waals surface area contributed by atoms with Crippen LogP contribution in [0.1, 0.15) is 24.4 Å². The van der Waals surface area contributed by atoms with Gasteiger partial charge in [-0.05, 0) is 37.1 Å². The Labute approximate surface area is 153 Å². The van der Waals surface area contributed by atoms with E-state index >= 15 is 0 Å². The average Bonchev–Trinajstić information content (AvgIpc) is 3.16. The lowest BCUT2D eigenvalue weighted by molar-refractivity contribution is -0.129. The molecule has 25 heavy (non-hydrogen) atoms. The van der Waals surface area contributed by atoms with Crippen LogP contribution in [0.5, 0.6) is 11.5 Å². The summed E-state index contributed by atoms with van der Waals surface area (Å²) in [4.78, 5) is 15.9. The molecule has 1 aliphatic rings. The SMILES string of the molecule is COc1ccc(C2CCCN2C(=O)CSc2ccccc2)c(OC)c1. The van der Waals surface area contributed by atoms with Crippen LogP contribution < -0.4 is 9.47 Å². The Hall–Kier alpha value is -2.14. The zero-order valence-corrected chi connectivity index (χ0v) is 15.4. The normalized spacial score (nSPS) is 16.7. The van der Waals surface area contributed by atoms with Gasteiger partial charge in [0.1, 0.15) is 11.5 Å². The lowest BCUT2D eigenvalue weighted by Gasteiger charge is -2.26. The van der Waals surface area contributed by atoms with E-state index in [1.54, 1.807) is 26.0 Å². The number of likely N-dealkylation sites (tertiary alicyclic amines) is 1. The summed E-state index contributed by atoms with van der Waals surface area (Å²) in [7, 11) is 3.30. The Morgan fingerprint density at radius 3 is 2.68 bits per heavy atom. The number of methoxy groups -OCH3 is 2. The molecule has 0 saturated carbocycles. The molecule has 4 nitrogen and oxygen atoms in total.